The highest BCUT2D eigenvalue weighted by atomic mass is 35.5. The Balaban J connectivity index is 2.18. The van der Waals surface area contributed by atoms with Crippen LogP contribution in [0.15, 0.2) is 42.5 Å². The van der Waals surface area contributed by atoms with Crippen molar-refractivity contribution < 1.29 is 0 Å². The first-order valence-electron chi connectivity index (χ1n) is 5.75. The molecular weight excluding hydrogens is 297 g/mol. The Labute approximate surface area is 124 Å². The van der Waals surface area contributed by atoms with Gasteiger partial charge in [0.1, 0.15) is 0 Å². The molecule has 20 heavy (non-hydrogen) atoms. The molecule has 0 aliphatic carbocycles. The van der Waals surface area contributed by atoms with Crippen molar-refractivity contribution in [3.63, 3.8) is 0 Å². The Morgan fingerprint density at radius 1 is 1.05 bits per heavy atom. The third-order valence-electron chi connectivity index (χ3n) is 2.75. The van der Waals surface area contributed by atoms with Gasteiger partial charge in [-0.05, 0) is 46.8 Å². The zero-order valence-electron chi connectivity index (χ0n) is 10.2. The second kappa shape index (κ2) is 5.11. The van der Waals surface area contributed by atoms with E-state index in [0.29, 0.717) is 27.1 Å². The van der Waals surface area contributed by atoms with Gasteiger partial charge < -0.3 is 5.73 Å². The van der Waals surface area contributed by atoms with Gasteiger partial charge >= 0.3 is 0 Å². The van der Waals surface area contributed by atoms with E-state index in [1.807, 2.05) is 12.1 Å². The smallest absolute Gasteiger partial charge is 0.188 e. The molecule has 0 spiro atoms. The standard InChI is InChI=1S/C13H9Cl2N5/c14-8-2-1-3-10(6-8)20-13(17-18-19-20)11-7-9(16)4-5-12(11)15/h1-7H,16H2. The van der Waals surface area contributed by atoms with E-state index in [1.165, 1.54) is 0 Å². The summed E-state index contributed by atoms with van der Waals surface area (Å²) in [5.41, 5.74) is 7.79. The molecule has 0 atom stereocenters. The summed E-state index contributed by atoms with van der Waals surface area (Å²) >= 11 is 12.2. The summed E-state index contributed by atoms with van der Waals surface area (Å²) in [6.45, 7) is 0. The van der Waals surface area contributed by atoms with Crippen molar-refractivity contribution in [3.05, 3.63) is 52.5 Å². The van der Waals surface area contributed by atoms with Gasteiger partial charge in [0.2, 0.25) is 0 Å². The van der Waals surface area contributed by atoms with Gasteiger partial charge in [-0.1, -0.05) is 29.3 Å². The van der Waals surface area contributed by atoms with Crippen molar-refractivity contribution in [2.45, 2.75) is 0 Å². The number of tetrazole rings is 1. The van der Waals surface area contributed by atoms with E-state index in [4.69, 9.17) is 28.9 Å². The van der Waals surface area contributed by atoms with Gasteiger partial charge in [0.15, 0.2) is 5.82 Å². The first-order chi connectivity index (χ1) is 9.65. The minimum atomic E-state index is 0.504. The van der Waals surface area contributed by atoms with Gasteiger partial charge in [-0.2, -0.15) is 4.68 Å². The van der Waals surface area contributed by atoms with Crippen LogP contribution < -0.4 is 5.73 Å². The fourth-order valence-corrected chi connectivity index (χ4v) is 2.24. The van der Waals surface area contributed by atoms with E-state index in [9.17, 15) is 0 Å². The number of nitrogen functional groups attached to an aromatic ring is 1. The Morgan fingerprint density at radius 2 is 1.90 bits per heavy atom. The Morgan fingerprint density at radius 3 is 2.70 bits per heavy atom. The maximum absolute atomic E-state index is 6.19. The SMILES string of the molecule is Nc1ccc(Cl)c(-c2nnnn2-c2cccc(Cl)c2)c1. The van der Waals surface area contributed by atoms with Gasteiger partial charge in [-0.25, -0.2) is 0 Å². The molecule has 0 aliphatic heterocycles. The van der Waals surface area contributed by atoms with Gasteiger partial charge in [-0.3, -0.25) is 0 Å². The topological polar surface area (TPSA) is 69.6 Å². The molecule has 0 radical (unpaired) electrons. The molecule has 1 heterocycles. The summed E-state index contributed by atoms with van der Waals surface area (Å²) in [6, 6.07) is 12.4. The number of aromatic nitrogens is 4. The normalized spacial score (nSPS) is 10.7. The first kappa shape index (κ1) is 12.9. The lowest BCUT2D eigenvalue weighted by Crippen LogP contribution is -2.00. The van der Waals surface area contributed by atoms with Crippen LogP contribution in [0.2, 0.25) is 10.0 Å². The number of hydrogen-bond acceptors (Lipinski definition) is 4. The number of rotatable bonds is 2. The van der Waals surface area contributed by atoms with Crippen LogP contribution in [0, 0.1) is 0 Å². The van der Waals surface area contributed by atoms with Crippen molar-refractivity contribution in [1.29, 1.82) is 0 Å². The van der Waals surface area contributed by atoms with Gasteiger partial charge in [0.05, 0.1) is 10.7 Å². The van der Waals surface area contributed by atoms with E-state index in [1.54, 1.807) is 35.0 Å². The molecule has 2 N–H and O–H groups in total. The van der Waals surface area contributed by atoms with Crippen LogP contribution in [0.3, 0.4) is 0 Å². The zero-order valence-corrected chi connectivity index (χ0v) is 11.7. The highest BCUT2D eigenvalue weighted by Gasteiger charge is 2.14. The Kier molecular flexibility index (Phi) is 3.30. The summed E-state index contributed by atoms with van der Waals surface area (Å²) in [4.78, 5) is 0. The molecule has 1 aromatic heterocycles. The summed E-state index contributed by atoms with van der Waals surface area (Å²) in [7, 11) is 0. The maximum atomic E-state index is 6.19. The Bertz CT molecular complexity index is 769. The largest absolute Gasteiger partial charge is 0.399 e. The van der Waals surface area contributed by atoms with E-state index < -0.39 is 0 Å². The molecule has 7 heteroatoms. The monoisotopic (exact) mass is 305 g/mol. The van der Waals surface area contributed by atoms with Gasteiger partial charge in [-0.15, -0.1) is 5.10 Å². The van der Waals surface area contributed by atoms with Crippen molar-refractivity contribution in [2.24, 2.45) is 0 Å². The second-order valence-electron chi connectivity index (χ2n) is 4.13. The number of halogens is 2. The van der Waals surface area contributed by atoms with Crippen LogP contribution in [0.25, 0.3) is 17.1 Å². The molecule has 0 amide bonds. The van der Waals surface area contributed by atoms with Crippen LogP contribution in [-0.2, 0) is 0 Å². The molecule has 0 unspecified atom stereocenters. The predicted octanol–water partition coefficient (Wildman–Crippen LogP) is 3.22. The number of anilines is 1. The van der Waals surface area contributed by atoms with Crippen LogP contribution in [-0.4, -0.2) is 20.2 Å². The molecule has 0 bridgehead atoms. The molecule has 3 aromatic rings. The third kappa shape index (κ3) is 2.33. The minimum Gasteiger partial charge on any atom is -0.399 e. The fraction of sp³-hybridized carbons (Fsp3) is 0. The van der Waals surface area contributed by atoms with E-state index in [2.05, 4.69) is 15.5 Å². The molecular formula is C13H9Cl2N5. The predicted molar refractivity (Wildman–Crippen MR) is 79.0 cm³/mol. The quantitative estimate of drug-likeness (QED) is 0.738. The third-order valence-corrected chi connectivity index (χ3v) is 3.32. The number of hydrogen-bond donors (Lipinski definition) is 1. The number of benzene rings is 2. The lowest BCUT2D eigenvalue weighted by Gasteiger charge is -2.07. The lowest BCUT2D eigenvalue weighted by atomic mass is 10.2. The molecule has 0 fully saturated rings. The van der Waals surface area contributed by atoms with Crippen LogP contribution in [0.5, 0.6) is 0 Å². The molecule has 0 saturated carbocycles. The fourth-order valence-electron chi connectivity index (χ4n) is 1.85. The highest BCUT2D eigenvalue weighted by Crippen LogP contribution is 2.29. The zero-order chi connectivity index (χ0) is 14.1. The molecule has 0 aliphatic rings. The average molecular weight is 306 g/mol. The van der Waals surface area contributed by atoms with E-state index in [0.717, 1.165) is 5.69 Å². The average Bonchev–Trinajstić information content (AvgIpc) is 2.90. The van der Waals surface area contributed by atoms with Crippen LogP contribution in [0.4, 0.5) is 5.69 Å². The van der Waals surface area contributed by atoms with Crippen molar-refractivity contribution in [3.8, 4) is 17.1 Å². The molecule has 100 valence electrons. The molecule has 2 aromatic carbocycles. The number of nitrogens with zero attached hydrogens (tertiary/aromatic N) is 4. The van der Waals surface area contributed by atoms with E-state index >= 15 is 0 Å². The lowest BCUT2D eigenvalue weighted by molar-refractivity contribution is 0.791. The van der Waals surface area contributed by atoms with Crippen molar-refractivity contribution in [1.82, 2.24) is 20.2 Å². The van der Waals surface area contributed by atoms with Gasteiger partial charge in [0.25, 0.3) is 0 Å². The highest BCUT2D eigenvalue weighted by molar-refractivity contribution is 6.33. The summed E-state index contributed by atoms with van der Waals surface area (Å²) in [6.07, 6.45) is 0. The minimum absolute atomic E-state index is 0.504. The summed E-state index contributed by atoms with van der Waals surface area (Å²) in [5, 5.41) is 12.8. The van der Waals surface area contributed by atoms with E-state index in [-0.39, 0.29) is 0 Å². The number of nitrogens with two attached hydrogens (primary N) is 1. The van der Waals surface area contributed by atoms with Gasteiger partial charge in [0, 0.05) is 16.3 Å². The second-order valence-corrected chi connectivity index (χ2v) is 4.98. The van der Waals surface area contributed by atoms with Crippen LogP contribution >= 0.6 is 23.2 Å². The van der Waals surface area contributed by atoms with Crippen molar-refractivity contribution in [2.75, 3.05) is 5.73 Å². The summed E-state index contributed by atoms with van der Waals surface area (Å²) < 4.78 is 1.56. The van der Waals surface area contributed by atoms with Crippen molar-refractivity contribution >= 4 is 28.9 Å². The first-order valence-corrected chi connectivity index (χ1v) is 6.50. The Hall–Kier alpha value is -2.11. The molecule has 5 nitrogen and oxygen atoms in total. The molecule has 0 saturated heterocycles. The summed E-state index contributed by atoms with van der Waals surface area (Å²) in [5.74, 6) is 0.504. The van der Waals surface area contributed by atoms with Crippen LogP contribution in [0.1, 0.15) is 0 Å². The molecule has 3 rings (SSSR count). The maximum Gasteiger partial charge on any atom is 0.188 e.